The number of rotatable bonds is 7. The second kappa shape index (κ2) is 8.31. The minimum Gasteiger partial charge on any atom is -0.480 e. The number of hydrogen-bond acceptors (Lipinski definition) is 4. The molecule has 0 N–H and O–H groups in total. The largest absolute Gasteiger partial charge is 0.480 e. The summed E-state index contributed by atoms with van der Waals surface area (Å²) in [5, 5.41) is 0. The van der Waals surface area contributed by atoms with Gasteiger partial charge in [-0.1, -0.05) is 20.8 Å². The summed E-state index contributed by atoms with van der Waals surface area (Å²) in [6.07, 6.45) is 3.05. The predicted molar refractivity (Wildman–Crippen MR) is 114 cm³/mol. The molecular weight excluding hydrogens is 350 g/mol. The van der Waals surface area contributed by atoms with Gasteiger partial charge in [-0.05, 0) is 55.5 Å². The molecule has 3 heterocycles. The molecule has 0 fully saturated rings. The fraction of sp³-hybridized carbons (Fsp3) is 0.478. The zero-order valence-electron chi connectivity index (χ0n) is 18.0. The van der Waals surface area contributed by atoms with Crippen molar-refractivity contribution in [1.29, 1.82) is 0 Å². The van der Waals surface area contributed by atoms with Crippen LogP contribution in [0.4, 0.5) is 0 Å². The molecule has 0 aliphatic carbocycles. The molecule has 5 heteroatoms. The quantitative estimate of drug-likeness (QED) is 0.556. The highest BCUT2D eigenvalue weighted by atomic mass is 16.5. The normalized spacial score (nSPS) is 12.7. The van der Waals surface area contributed by atoms with Gasteiger partial charge in [-0.3, -0.25) is 0 Å². The number of nitrogens with zero attached hydrogens (tertiary/aromatic N) is 3. The van der Waals surface area contributed by atoms with E-state index in [9.17, 15) is 0 Å². The van der Waals surface area contributed by atoms with Crippen molar-refractivity contribution in [3.8, 4) is 17.1 Å². The molecule has 3 rings (SSSR count). The molecule has 1 atom stereocenters. The van der Waals surface area contributed by atoms with Crippen molar-refractivity contribution in [2.75, 3.05) is 20.8 Å². The lowest BCUT2D eigenvalue weighted by Gasteiger charge is -2.16. The van der Waals surface area contributed by atoms with Crippen molar-refractivity contribution in [3.05, 3.63) is 41.2 Å². The van der Waals surface area contributed by atoms with Gasteiger partial charge in [0.1, 0.15) is 0 Å². The maximum Gasteiger partial charge on any atom is 0.222 e. The van der Waals surface area contributed by atoms with Crippen LogP contribution in [0.1, 0.15) is 56.5 Å². The number of hydrogen-bond donors (Lipinski definition) is 0. The fourth-order valence-electron chi connectivity index (χ4n) is 3.67. The van der Waals surface area contributed by atoms with Crippen LogP contribution in [0.5, 0.6) is 5.88 Å². The Labute approximate surface area is 167 Å². The standard InChI is InChI=1S/C23H31N3O2/c1-8-17-11-20-21(15(4)12-26(20)16(5)13-27-6)25-22(17)18-9-10-19(14(2)3)24-23(18)28-7/h9-12,14,16H,8,13H2,1-7H3/t16-/m1/s1. The highest BCUT2D eigenvalue weighted by molar-refractivity contribution is 5.85. The van der Waals surface area contributed by atoms with Gasteiger partial charge in [0.15, 0.2) is 0 Å². The van der Waals surface area contributed by atoms with Crippen LogP contribution in [0.15, 0.2) is 24.4 Å². The first kappa shape index (κ1) is 20.3. The molecule has 5 nitrogen and oxygen atoms in total. The first-order valence-corrected chi connectivity index (χ1v) is 9.96. The summed E-state index contributed by atoms with van der Waals surface area (Å²) in [6.45, 7) is 11.4. The van der Waals surface area contributed by atoms with E-state index in [0.717, 1.165) is 40.0 Å². The zero-order valence-corrected chi connectivity index (χ0v) is 18.0. The topological polar surface area (TPSA) is 49.2 Å². The third-order valence-corrected chi connectivity index (χ3v) is 5.25. The Balaban J connectivity index is 2.21. The first-order chi connectivity index (χ1) is 13.4. The van der Waals surface area contributed by atoms with Crippen LogP contribution < -0.4 is 4.74 Å². The Morgan fingerprint density at radius 3 is 2.46 bits per heavy atom. The van der Waals surface area contributed by atoms with Gasteiger partial charge in [-0.2, -0.15) is 0 Å². The molecule has 3 aromatic heterocycles. The summed E-state index contributed by atoms with van der Waals surface area (Å²) in [6, 6.07) is 6.67. The summed E-state index contributed by atoms with van der Waals surface area (Å²) in [4.78, 5) is 9.80. The van der Waals surface area contributed by atoms with Crippen LogP contribution >= 0.6 is 0 Å². The summed E-state index contributed by atoms with van der Waals surface area (Å²) in [5.41, 5.74) is 7.44. The van der Waals surface area contributed by atoms with E-state index in [1.807, 2.05) is 0 Å². The van der Waals surface area contributed by atoms with Gasteiger partial charge >= 0.3 is 0 Å². The van der Waals surface area contributed by atoms with Crippen LogP contribution in [0, 0.1) is 6.92 Å². The molecule has 0 saturated heterocycles. The van der Waals surface area contributed by atoms with Crippen LogP contribution in [0.25, 0.3) is 22.3 Å². The first-order valence-electron chi connectivity index (χ1n) is 9.96. The van der Waals surface area contributed by atoms with Gasteiger partial charge in [0, 0.05) is 19.0 Å². The lowest BCUT2D eigenvalue weighted by Crippen LogP contribution is -2.10. The molecule has 28 heavy (non-hydrogen) atoms. The SMILES string of the molecule is CCc1cc2c(nc1-c1ccc(C(C)C)nc1OC)c(C)cn2[C@H](C)COC. The van der Waals surface area contributed by atoms with Crippen molar-refractivity contribution in [2.45, 2.75) is 53.0 Å². The number of pyridine rings is 2. The van der Waals surface area contributed by atoms with E-state index in [4.69, 9.17) is 19.4 Å². The lowest BCUT2D eigenvalue weighted by atomic mass is 10.0. The fourth-order valence-corrected chi connectivity index (χ4v) is 3.67. The van der Waals surface area contributed by atoms with Crippen molar-refractivity contribution in [3.63, 3.8) is 0 Å². The van der Waals surface area contributed by atoms with Crippen molar-refractivity contribution < 1.29 is 9.47 Å². The maximum atomic E-state index is 5.63. The van der Waals surface area contributed by atoms with Crippen LogP contribution in [0.2, 0.25) is 0 Å². The van der Waals surface area contributed by atoms with E-state index in [2.05, 4.69) is 63.6 Å². The Morgan fingerprint density at radius 2 is 1.86 bits per heavy atom. The van der Waals surface area contributed by atoms with Crippen LogP contribution in [0.3, 0.4) is 0 Å². The molecular formula is C23H31N3O2. The third kappa shape index (κ3) is 3.63. The second-order valence-corrected chi connectivity index (χ2v) is 7.69. The number of ether oxygens (including phenoxy) is 2. The molecule has 0 aliphatic rings. The van der Waals surface area contributed by atoms with Gasteiger partial charge < -0.3 is 14.0 Å². The number of fused-ring (bicyclic) bond motifs is 1. The molecule has 3 aromatic rings. The monoisotopic (exact) mass is 381 g/mol. The number of methoxy groups -OCH3 is 2. The van der Waals surface area contributed by atoms with Crippen molar-refractivity contribution in [2.24, 2.45) is 0 Å². The van der Waals surface area contributed by atoms with Gasteiger partial charge in [0.05, 0.1) is 42.0 Å². The average molecular weight is 382 g/mol. The molecule has 0 aliphatic heterocycles. The number of aryl methyl sites for hydroxylation is 2. The van der Waals surface area contributed by atoms with E-state index < -0.39 is 0 Å². The van der Waals surface area contributed by atoms with Crippen LogP contribution in [-0.4, -0.2) is 35.4 Å². The van der Waals surface area contributed by atoms with Gasteiger partial charge in [0.2, 0.25) is 5.88 Å². The van der Waals surface area contributed by atoms with Gasteiger partial charge in [-0.15, -0.1) is 0 Å². The summed E-state index contributed by atoms with van der Waals surface area (Å²) < 4.78 is 13.3. The molecule has 150 valence electrons. The van der Waals surface area contributed by atoms with Crippen LogP contribution in [-0.2, 0) is 11.2 Å². The van der Waals surface area contributed by atoms with Gasteiger partial charge in [-0.25, -0.2) is 9.97 Å². The number of aromatic nitrogens is 3. The maximum absolute atomic E-state index is 5.63. The Bertz CT molecular complexity index is 976. The minimum absolute atomic E-state index is 0.250. The zero-order chi connectivity index (χ0) is 20.4. The van der Waals surface area contributed by atoms with Crippen molar-refractivity contribution >= 4 is 11.0 Å². The lowest BCUT2D eigenvalue weighted by molar-refractivity contribution is 0.164. The van der Waals surface area contributed by atoms with E-state index in [1.165, 1.54) is 5.56 Å². The Morgan fingerprint density at radius 1 is 1.11 bits per heavy atom. The smallest absolute Gasteiger partial charge is 0.222 e. The van der Waals surface area contributed by atoms with E-state index in [1.54, 1.807) is 14.2 Å². The molecule has 0 saturated carbocycles. The van der Waals surface area contributed by atoms with E-state index in [-0.39, 0.29) is 6.04 Å². The summed E-state index contributed by atoms with van der Waals surface area (Å²) in [7, 11) is 3.41. The van der Waals surface area contributed by atoms with E-state index >= 15 is 0 Å². The van der Waals surface area contributed by atoms with Crippen molar-refractivity contribution in [1.82, 2.24) is 14.5 Å². The van der Waals surface area contributed by atoms with Gasteiger partial charge in [0.25, 0.3) is 0 Å². The minimum atomic E-state index is 0.250. The molecule has 0 radical (unpaired) electrons. The second-order valence-electron chi connectivity index (χ2n) is 7.69. The highest BCUT2D eigenvalue weighted by Gasteiger charge is 2.19. The summed E-state index contributed by atoms with van der Waals surface area (Å²) in [5.74, 6) is 0.986. The average Bonchev–Trinajstić information content (AvgIpc) is 3.02. The molecule has 0 amide bonds. The predicted octanol–water partition coefficient (Wildman–Crippen LogP) is 5.31. The molecule has 0 aromatic carbocycles. The molecule has 0 spiro atoms. The Kier molecular flexibility index (Phi) is 6.04. The third-order valence-electron chi connectivity index (χ3n) is 5.25. The van der Waals surface area contributed by atoms with E-state index in [0.29, 0.717) is 18.4 Å². The highest BCUT2D eigenvalue weighted by Crippen LogP contribution is 2.35. The summed E-state index contributed by atoms with van der Waals surface area (Å²) >= 11 is 0. The molecule has 0 unspecified atom stereocenters. The molecule has 0 bridgehead atoms. The Hall–Kier alpha value is -2.40.